The summed E-state index contributed by atoms with van der Waals surface area (Å²) >= 11 is 0. The first-order valence-electron chi connectivity index (χ1n) is 6.80. The zero-order valence-electron chi connectivity index (χ0n) is 12.3. The maximum Gasteiger partial charge on any atom is 0.127 e. The third-order valence-corrected chi connectivity index (χ3v) is 3.52. The Morgan fingerprint density at radius 3 is 2.25 bits per heavy atom. The first kappa shape index (κ1) is 16.5. The van der Waals surface area contributed by atoms with Gasteiger partial charge in [-0.2, -0.15) is 0 Å². The van der Waals surface area contributed by atoms with Crippen molar-refractivity contribution < 1.29 is 14.7 Å². The van der Waals surface area contributed by atoms with Gasteiger partial charge in [0.2, 0.25) is 0 Å². The molecule has 0 spiro atoms. The molecule has 0 radical (unpaired) electrons. The lowest BCUT2D eigenvalue weighted by Crippen LogP contribution is -2.26. The molecule has 20 heavy (non-hydrogen) atoms. The van der Waals surface area contributed by atoms with Gasteiger partial charge in [-0.3, -0.25) is 0 Å². The normalized spacial score (nSPS) is 14.6. The number of carbonyl (C=O) groups is 2. The van der Waals surface area contributed by atoms with E-state index in [4.69, 9.17) is 0 Å². The minimum Gasteiger partial charge on any atom is -0.386 e. The summed E-state index contributed by atoms with van der Waals surface area (Å²) in [5, 5.41) is 12.9. The van der Waals surface area contributed by atoms with Gasteiger partial charge in [-0.05, 0) is 44.5 Å². The molecule has 0 saturated heterocycles. The number of nitrogens with one attached hydrogen (secondary N) is 1. The van der Waals surface area contributed by atoms with Gasteiger partial charge in [-0.15, -0.1) is 0 Å². The summed E-state index contributed by atoms with van der Waals surface area (Å²) in [4.78, 5) is 22.1. The van der Waals surface area contributed by atoms with Crippen LogP contribution in [0.2, 0.25) is 0 Å². The molecule has 1 aromatic carbocycles. The molecule has 0 fully saturated rings. The van der Waals surface area contributed by atoms with E-state index in [-0.39, 0.29) is 11.8 Å². The fourth-order valence-electron chi connectivity index (χ4n) is 2.32. The summed E-state index contributed by atoms with van der Waals surface area (Å²) in [6.07, 6.45) is 2.09. The molecule has 1 aromatic rings. The van der Waals surface area contributed by atoms with Crippen LogP contribution in [0.1, 0.15) is 37.3 Å². The number of aldehydes is 2. The lowest BCUT2D eigenvalue weighted by atomic mass is 9.84. The summed E-state index contributed by atoms with van der Waals surface area (Å²) in [5.74, 6) is -0.369. The van der Waals surface area contributed by atoms with Crippen molar-refractivity contribution in [3.63, 3.8) is 0 Å². The Kier molecular flexibility index (Phi) is 6.05. The van der Waals surface area contributed by atoms with Crippen LogP contribution in [0.15, 0.2) is 24.3 Å². The third kappa shape index (κ3) is 4.25. The molecule has 0 bridgehead atoms. The van der Waals surface area contributed by atoms with Gasteiger partial charge >= 0.3 is 0 Å². The SMILES string of the molecule is CNCC(CC=O)C(C=O)c1ccc(C(C)(C)O)cc1. The predicted octanol–water partition coefficient (Wildman–Crippen LogP) is 1.62. The smallest absolute Gasteiger partial charge is 0.127 e. The minimum atomic E-state index is -0.900. The molecule has 0 aliphatic carbocycles. The van der Waals surface area contributed by atoms with Crippen molar-refractivity contribution >= 4 is 12.6 Å². The van der Waals surface area contributed by atoms with Crippen molar-refractivity contribution in [1.82, 2.24) is 5.32 Å². The summed E-state index contributed by atoms with van der Waals surface area (Å²) in [6, 6.07) is 7.34. The van der Waals surface area contributed by atoms with Gasteiger partial charge < -0.3 is 20.0 Å². The fourth-order valence-corrected chi connectivity index (χ4v) is 2.32. The summed E-state index contributed by atoms with van der Waals surface area (Å²) < 4.78 is 0. The highest BCUT2D eigenvalue weighted by Gasteiger charge is 2.23. The van der Waals surface area contributed by atoms with Crippen LogP contribution in [0.4, 0.5) is 0 Å². The van der Waals surface area contributed by atoms with Crippen LogP contribution in [0.3, 0.4) is 0 Å². The molecule has 1 rings (SSSR count). The molecule has 110 valence electrons. The molecule has 2 N–H and O–H groups in total. The van der Waals surface area contributed by atoms with Gasteiger partial charge in [0.15, 0.2) is 0 Å². The van der Waals surface area contributed by atoms with Crippen LogP contribution in [0, 0.1) is 5.92 Å². The highest BCUT2D eigenvalue weighted by atomic mass is 16.3. The second-order valence-electron chi connectivity index (χ2n) is 5.56. The van der Waals surface area contributed by atoms with E-state index in [2.05, 4.69) is 5.32 Å². The van der Waals surface area contributed by atoms with Crippen LogP contribution in [-0.2, 0) is 15.2 Å². The molecule has 0 amide bonds. The maximum absolute atomic E-state index is 11.4. The molecule has 0 aromatic heterocycles. The molecule has 4 nitrogen and oxygen atoms in total. The standard InChI is InChI=1S/C16H23NO3/c1-16(2,20)14-6-4-12(5-7-14)15(11-19)13(8-9-18)10-17-3/h4-7,9,11,13,15,17,20H,8,10H2,1-3H3. The molecule has 2 unspecified atom stereocenters. The highest BCUT2D eigenvalue weighted by molar-refractivity contribution is 5.64. The van der Waals surface area contributed by atoms with Crippen LogP contribution >= 0.6 is 0 Å². The van der Waals surface area contributed by atoms with Gasteiger partial charge in [0.1, 0.15) is 12.6 Å². The van der Waals surface area contributed by atoms with Crippen molar-refractivity contribution in [3.8, 4) is 0 Å². The van der Waals surface area contributed by atoms with E-state index < -0.39 is 5.60 Å². The number of carbonyl (C=O) groups excluding carboxylic acids is 2. The van der Waals surface area contributed by atoms with Gasteiger partial charge in [-0.1, -0.05) is 24.3 Å². The Hall–Kier alpha value is -1.52. The Balaban J connectivity index is 2.99. The van der Waals surface area contributed by atoms with E-state index in [1.165, 1.54) is 0 Å². The Morgan fingerprint density at radius 1 is 1.25 bits per heavy atom. The third-order valence-electron chi connectivity index (χ3n) is 3.52. The lowest BCUT2D eigenvalue weighted by molar-refractivity contribution is -0.111. The number of hydrogen-bond acceptors (Lipinski definition) is 4. The zero-order chi connectivity index (χ0) is 15.2. The second-order valence-corrected chi connectivity index (χ2v) is 5.56. The average Bonchev–Trinajstić information content (AvgIpc) is 2.39. The number of benzene rings is 1. The Bertz CT molecular complexity index is 434. The topological polar surface area (TPSA) is 66.4 Å². The second kappa shape index (κ2) is 7.31. The predicted molar refractivity (Wildman–Crippen MR) is 78.6 cm³/mol. The number of hydrogen-bond donors (Lipinski definition) is 2. The van der Waals surface area contributed by atoms with E-state index in [0.717, 1.165) is 23.7 Å². The molecule has 0 aliphatic rings. The van der Waals surface area contributed by atoms with E-state index >= 15 is 0 Å². The van der Waals surface area contributed by atoms with Crippen molar-refractivity contribution in [2.24, 2.45) is 5.92 Å². The number of rotatable bonds is 8. The van der Waals surface area contributed by atoms with E-state index in [0.29, 0.717) is 13.0 Å². The van der Waals surface area contributed by atoms with Crippen LogP contribution < -0.4 is 5.32 Å². The van der Waals surface area contributed by atoms with Crippen LogP contribution in [0.5, 0.6) is 0 Å². The van der Waals surface area contributed by atoms with E-state index in [1.807, 2.05) is 24.3 Å². The number of aliphatic hydroxyl groups is 1. The minimum absolute atomic E-state index is 0.0528. The first-order chi connectivity index (χ1) is 9.43. The van der Waals surface area contributed by atoms with Crippen molar-refractivity contribution in [1.29, 1.82) is 0 Å². The van der Waals surface area contributed by atoms with E-state index in [9.17, 15) is 14.7 Å². The largest absolute Gasteiger partial charge is 0.386 e. The summed E-state index contributed by atoms with van der Waals surface area (Å²) in [7, 11) is 1.80. The van der Waals surface area contributed by atoms with Gasteiger partial charge in [0, 0.05) is 12.3 Å². The fraction of sp³-hybridized carbons (Fsp3) is 0.500. The molecule has 4 heteroatoms. The van der Waals surface area contributed by atoms with Crippen molar-refractivity contribution in [2.45, 2.75) is 31.8 Å². The van der Waals surface area contributed by atoms with Gasteiger partial charge in [-0.25, -0.2) is 0 Å². The quantitative estimate of drug-likeness (QED) is 0.709. The molecule has 0 heterocycles. The first-order valence-corrected chi connectivity index (χ1v) is 6.80. The van der Waals surface area contributed by atoms with Crippen molar-refractivity contribution in [2.75, 3.05) is 13.6 Å². The van der Waals surface area contributed by atoms with Crippen molar-refractivity contribution in [3.05, 3.63) is 35.4 Å². The molecule has 0 saturated carbocycles. The highest BCUT2D eigenvalue weighted by Crippen LogP contribution is 2.27. The molecular formula is C16H23NO3. The molecule has 2 atom stereocenters. The average molecular weight is 277 g/mol. The summed E-state index contributed by atoms with van der Waals surface area (Å²) in [6.45, 7) is 4.04. The van der Waals surface area contributed by atoms with Gasteiger partial charge in [0.05, 0.1) is 5.60 Å². The zero-order valence-corrected chi connectivity index (χ0v) is 12.3. The van der Waals surface area contributed by atoms with E-state index in [1.54, 1.807) is 20.9 Å². The van der Waals surface area contributed by atoms with Gasteiger partial charge in [0.25, 0.3) is 0 Å². The lowest BCUT2D eigenvalue weighted by Gasteiger charge is -2.23. The maximum atomic E-state index is 11.4. The monoisotopic (exact) mass is 277 g/mol. The van der Waals surface area contributed by atoms with Crippen LogP contribution in [-0.4, -0.2) is 31.3 Å². The Morgan fingerprint density at radius 2 is 1.85 bits per heavy atom. The molecular weight excluding hydrogens is 254 g/mol. The van der Waals surface area contributed by atoms with Crippen LogP contribution in [0.25, 0.3) is 0 Å². The molecule has 0 aliphatic heterocycles. The Labute approximate surface area is 120 Å². The summed E-state index contributed by atoms with van der Waals surface area (Å²) in [5.41, 5.74) is 0.768.